The van der Waals surface area contributed by atoms with Gasteiger partial charge in [0.05, 0.1) is 11.2 Å². The number of likely N-dealkylation sites (N-methyl/N-ethyl adjacent to an activating group) is 1. The summed E-state index contributed by atoms with van der Waals surface area (Å²) in [4.78, 5) is 2.45. The van der Waals surface area contributed by atoms with E-state index in [1.165, 1.54) is 36.0 Å². The van der Waals surface area contributed by atoms with Gasteiger partial charge in [-0.3, -0.25) is 4.68 Å². The molecule has 1 fully saturated rings. The van der Waals surface area contributed by atoms with Crippen molar-refractivity contribution >= 4 is 10.9 Å². The molecule has 1 aliphatic rings. The smallest absolute Gasteiger partial charge is 0.0841 e. The Labute approximate surface area is 120 Å². The minimum Gasteiger partial charge on any atom is -0.310 e. The molecule has 1 atom stereocenters. The zero-order valence-electron chi connectivity index (χ0n) is 12.5. The van der Waals surface area contributed by atoms with E-state index in [2.05, 4.69) is 53.1 Å². The molecule has 0 spiro atoms. The van der Waals surface area contributed by atoms with Crippen molar-refractivity contribution in [1.82, 2.24) is 20.0 Å². The van der Waals surface area contributed by atoms with Crippen LogP contribution in [0.3, 0.4) is 0 Å². The number of likely N-dealkylation sites (tertiary alicyclic amines) is 1. The summed E-state index contributed by atoms with van der Waals surface area (Å²) in [5, 5.41) is 9.60. The molecule has 2 heterocycles. The van der Waals surface area contributed by atoms with Crippen LogP contribution in [0.4, 0.5) is 0 Å². The minimum absolute atomic E-state index is 0.689. The summed E-state index contributed by atoms with van der Waals surface area (Å²) in [6, 6.07) is 9.20. The summed E-state index contributed by atoms with van der Waals surface area (Å²) in [7, 11) is 2.22. The normalized spacial score (nSPS) is 20.0. The Balaban J connectivity index is 1.68. The van der Waals surface area contributed by atoms with Crippen molar-refractivity contribution in [2.75, 3.05) is 20.1 Å². The van der Waals surface area contributed by atoms with Gasteiger partial charge in [-0.05, 0) is 39.4 Å². The maximum Gasteiger partial charge on any atom is 0.0841 e. The van der Waals surface area contributed by atoms with Gasteiger partial charge in [0.25, 0.3) is 0 Å². The Hall–Kier alpha value is -1.39. The summed E-state index contributed by atoms with van der Waals surface area (Å²) in [5.41, 5.74) is 2.41. The second kappa shape index (κ2) is 5.94. The first-order valence-corrected chi connectivity index (χ1v) is 7.65. The maximum atomic E-state index is 4.73. The third-order valence-electron chi connectivity index (χ3n) is 4.38. The third kappa shape index (κ3) is 2.58. The topological polar surface area (TPSA) is 33.1 Å². The van der Waals surface area contributed by atoms with Gasteiger partial charge in [-0.25, -0.2) is 0 Å². The first-order chi connectivity index (χ1) is 9.79. The van der Waals surface area contributed by atoms with E-state index in [9.17, 15) is 0 Å². The summed E-state index contributed by atoms with van der Waals surface area (Å²) < 4.78 is 2.09. The van der Waals surface area contributed by atoms with Crippen LogP contribution in [-0.4, -0.2) is 40.9 Å². The van der Waals surface area contributed by atoms with Crippen LogP contribution in [-0.2, 0) is 13.1 Å². The van der Waals surface area contributed by atoms with Crippen LogP contribution in [0, 0.1) is 0 Å². The first-order valence-electron chi connectivity index (χ1n) is 7.65. The van der Waals surface area contributed by atoms with Crippen molar-refractivity contribution in [2.45, 2.75) is 38.9 Å². The number of benzene rings is 1. The predicted molar refractivity (Wildman–Crippen MR) is 82.8 cm³/mol. The van der Waals surface area contributed by atoms with Gasteiger partial charge in [-0.15, -0.1) is 0 Å². The number of rotatable bonds is 5. The van der Waals surface area contributed by atoms with E-state index in [4.69, 9.17) is 5.10 Å². The van der Waals surface area contributed by atoms with Crippen LogP contribution in [0.2, 0.25) is 0 Å². The average molecular weight is 272 g/mol. The molecule has 2 aromatic rings. The molecule has 0 amide bonds. The molecule has 0 bridgehead atoms. The van der Waals surface area contributed by atoms with Gasteiger partial charge in [0, 0.05) is 31.1 Å². The van der Waals surface area contributed by atoms with Crippen LogP contribution in [0.1, 0.15) is 25.5 Å². The molecule has 1 aromatic heterocycles. The minimum atomic E-state index is 0.689. The Morgan fingerprint density at radius 1 is 1.35 bits per heavy atom. The predicted octanol–water partition coefficient (Wildman–Crippen LogP) is 2.24. The van der Waals surface area contributed by atoms with Crippen molar-refractivity contribution in [3.63, 3.8) is 0 Å². The molecule has 20 heavy (non-hydrogen) atoms. The first kappa shape index (κ1) is 13.6. The van der Waals surface area contributed by atoms with E-state index in [1.807, 2.05) is 0 Å². The summed E-state index contributed by atoms with van der Waals surface area (Å²) in [5.74, 6) is 0. The molecule has 1 aromatic carbocycles. The molecule has 3 rings (SSSR count). The zero-order valence-corrected chi connectivity index (χ0v) is 12.5. The molecule has 0 saturated carbocycles. The van der Waals surface area contributed by atoms with Gasteiger partial charge in [0.2, 0.25) is 0 Å². The van der Waals surface area contributed by atoms with E-state index >= 15 is 0 Å². The number of para-hydroxylation sites is 1. The molecule has 1 saturated heterocycles. The Morgan fingerprint density at radius 3 is 2.95 bits per heavy atom. The van der Waals surface area contributed by atoms with E-state index in [1.54, 1.807) is 0 Å². The zero-order chi connectivity index (χ0) is 13.9. The summed E-state index contributed by atoms with van der Waals surface area (Å²) in [6.45, 7) is 6.22. The fourth-order valence-electron chi connectivity index (χ4n) is 3.16. The van der Waals surface area contributed by atoms with Gasteiger partial charge in [0.1, 0.15) is 0 Å². The number of fused-ring (bicyclic) bond motifs is 1. The Kier molecular flexibility index (Phi) is 4.03. The monoisotopic (exact) mass is 272 g/mol. The molecule has 1 N–H and O–H groups in total. The van der Waals surface area contributed by atoms with Crippen LogP contribution in [0.5, 0.6) is 0 Å². The van der Waals surface area contributed by atoms with Crippen molar-refractivity contribution in [1.29, 1.82) is 0 Å². The maximum absolute atomic E-state index is 4.73. The fourth-order valence-corrected chi connectivity index (χ4v) is 3.16. The van der Waals surface area contributed by atoms with Crippen LogP contribution >= 0.6 is 0 Å². The second-order valence-corrected chi connectivity index (χ2v) is 5.69. The molecule has 108 valence electrons. The van der Waals surface area contributed by atoms with Gasteiger partial charge >= 0.3 is 0 Å². The van der Waals surface area contributed by atoms with Crippen molar-refractivity contribution in [3.05, 3.63) is 30.0 Å². The van der Waals surface area contributed by atoms with Crippen molar-refractivity contribution in [2.24, 2.45) is 0 Å². The molecule has 1 unspecified atom stereocenters. The Bertz CT molecular complexity index is 575. The summed E-state index contributed by atoms with van der Waals surface area (Å²) in [6.07, 6.45) is 2.64. The fraction of sp³-hybridized carbons (Fsp3) is 0.562. The largest absolute Gasteiger partial charge is 0.310 e. The average Bonchev–Trinajstić information content (AvgIpc) is 3.04. The van der Waals surface area contributed by atoms with Crippen LogP contribution < -0.4 is 5.32 Å². The van der Waals surface area contributed by atoms with E-state index in [-0.39, 0.29) is 0 Å². The Morgan fingerprint density at radius 2 is 2.20 bits per heavy atom. The van der Waals surface area contributed by atoms with E-state index in [0.717, 1.165) is 19.6 Å². The van der Waals surface area contributed by atoms with Gasteiger partial charge in [-0.1, -0.05) is 18.2 Å². The van der Waals surface area contributed by atoms with Crippen molar-refractivity contribution < 1.29 is 0 Å². The summed E-state index contributed by atoms with van der Waals surface area (Å²) >= 11 is 0. The quantitative estimate of drug-likeness (QED) is 0.906. The van der Waals surface area contributed by atoms with Gasteiger partial charge < -0.3 is 10.2 Å². The van der Waals surface area contributed by atoms with Crippen LogP contribution in [0.25, 0.3) is 10.9 Å². The third-order valence-corrected chi connectivity index (χ3v) is 4.38. The molecule has 0 aliphatic carbocycles. The van der Waals surface area contributed by atoms with Crippen molar-refractivity contribution in [3.8, 4) is 0 Å². The highest BCUT2D eigenvalue weighted by Crippen LogP contribution is 2.18. The van der Waals surface area contributed by atoms with E-state index < -0.39 is 0 Å². The number of hydrogen-bond acceptors (Lipinski definition) is 3. The van der Waals surface area contributed by atoms with Crippen LogP contribution in [0.15, 0.2) is 24.3 Å². The standard InChI is InChI=1S/C16H24N4/c1-3-20-16-9-5-4-8-14(16)15(18-20)12-17-11-13-7-6-10-19(13)2/h4-5,8-9,13,17H,3,6-7,10-12H2,1-2H3. The highest BCUT2D eigenvalue weighted by atomic mass is 15.3. The number of nitrogens with one attached hydrogen (secondary N) is 1. The lowest BCUT2D eigenvalue weighted by atomic mass is 10.2. The molecular weight excluding hydrogens is 248 g/mol. The lowest BCUT2D eigenvalue weighted by molar-refractivity contribution is 0.300. The second-order valence-electron chi connectivity index (χ2n) is 5.69. The van der Waals surface area contributed by atoms with Gasteiger partial charge in [0.15, 0.2) is 0 Å². The van der Waals surface area contributed by atoms with E-state index in [0.29, 0.717) is 6.04 Å². The lowest BCUT2D eigenvalue weighted by Gasteiger charge is -2.19. The molecule has 0 radical (unpaired) electrons. The number of nitrogens with zero attached hydrogens (tertiary/aromatic N) is 3. The number of hydrogen-bond donors (Lipinski definition) is 1. The lowest BCUT2D eigenvalue weighted by Crippen LogP contribution is -2.35. The molecule has 4 heteroatoms. The number of aromatic nitrogens is 2. The SMILES string of the molecule is CCn1nc(CNCC2CCCN2C)c2ccccc21. The van der Waals surface area contributed by atoms with Gasteiger partial charge in [-0.2, -0.15) is 5.10 Å². The number of aryl methyl sites for hydroxylation is 1. The molecule has 1 aliphatic heterocycles. The highest BCUT2D eigenvalue weighted by molar-refractivity contribution is 5.81. The molecular formula is C16H24N4. The highest BCUT2D eigenvalue weighted by Gasteiger charge is 2.20. The molecule has 4 nitrogen and oxygen atoms in total.